The molecule has 158 valence electrons. The molecule has 0 saturated heterocycles. The van der Waals surface area contributed by atoms with Gasteiger partial charge in [0.15, 0.2) is 11.0 Å². The standard InChI is InChI=1S/C23H17F4N3S/c1-15-10-12-17(13-11-15)30-21(18-7-3-5-9-20(18)24)28-29-22(30)31-14-16-6-2-4-8-19(16)23(25,26)27/h2-13H,14H2,1H3. The zero-order valence-corrected chi connectivity index (χ0v) is 17.2. The van der Waals surface area contributed by atoms with Gasteiger partial charge >= 0.3 is 6.18 Å². The van der Waals surface area contributed by atoms with E-state index in [4.69, 9.17) is 0 Å². The number of nitrogens with zero attached hydrogens (tertiary/aromatic N) is 3. The Balaban J connectivity index is 1.76. The van der Waals surface area contributed by atoms with Crippen molar-refractivity contribution >= 4 is 11.8 Å². The largest absolute Gasteiger partial charge is 0.416 e. The van der Waals surface area contributed by atoms with Crippen LogP contribution in [0.15, 0.2) is 78.0 Å². The summed E-state index contributed by atoms with van der Waals surface area (Å²) in [5, 5.41) is 8.70. The van der Waals surface area contributed by atoms with Crippen molar-refractivity contribution in [3.05, 3.63) is 95.3 Å². The summed E-state index contributed by atoms with van der Waals surface area (Å²) < 4.78 is 56.2. The molecule has 0 fully saturated rings. The molecule has 3 nitrogen and oxygen atoms in total. The molecule has 3 aromatic carbocycles. The molecule has 4 rings (SSSR count). The summed E-state index contributed by atoms with van der Waals surface area (Å²) in [7, 11) is 0. The van der Waals surface area contributed by atoms with Gasteiger partial charge in [0.2, 0.25) is 0 Å². The Morgan fingerprint density at radius 1 is 0.871 bits per heavy atom. The van der Waals surface area contributed by atoms with Crippen LogP contribution in [0.1, 0.15) is 16.7 Å². The minimum absolute atomic E-state index is 0.0386. The maximum absolute atomic E-state index is 14.5. The fourth-order valence-electron chi connectivity index (χ4n) is 3.17. The molecule has 0 aliphatic heterocycles. The molecule has 0 aliphatic carbocycles. The van der Waals surface area contributed by atoms with Crippen molar-refractivity contribution in [2.45, 2.75) is 24.0 Å². The second-order valence-corrected chi connectivity index (χ2v) is 7.84. The predicted molar refractivity (Wildman–Crippen MR) is 112 cm³/mol. The molecule has 0 aliphatic rings. The first kappa shape index (κ1) is 21.1. The SMILES string of the molecule is Cc1ccc(-n2c(SCc3ccccc3C(F)(F)F)nnc2-c2ccccc2F)cc1. The molecule has 0 radical (unpaired) electrons. The third-order valence-corrected chi connectivity index (χ3v) is 5.70. The zero-order chi connectivity index (χ0) is 22.0. The highest BCUT2D eigenvalue weighted by atomic mass is 32.2. The number of aromatic nitrogens is 3. The Bertz CT molecular complexity index is 1200. The molecule has 0 atom stereocenters. The van der Waals surface area contributed by atoms with E-state index in [1.807, 2.05) is 31.2 Å². The van der Waals surface area contributed by atoms with E-state index < -0.39 is 17.6 Å². The van der Waals surface area contributed by atoms with Gasteiger partial charge in [-0.15, -0.1) is 10.2 Å². The second-order valence-electron chi connectivity index (χ2n) is 6.90. The van der Waals surface area contributed by atoms with Crippen molar-refractivity contribution in [1.82, 2.24) is 14.8 Å². The smallest absolute Gasteiger partial charge is 0.270 e. The van der Waals surface area contributed by atoms with E-state index in [1.165, 1.54) is 18.2 Å². The van der Waals surface area contributed by atoms with Crippen LogP contribution in [0.25, 0.3) is 17.1 Å². The normalized spacial score (nSPS) is 11.6. The van der Waals surface area contributed by atoms with E-state index in [2.05, 4.69) is 10.2 Å². The van der Waals surface area contributed by atoms with Gasteiger partial charge in [0, 0.05) is 11.4 Å². The first-order chi connectivity index (χ1) is 14.8. The molecule has 8 heteroatoms. The molecule has 31 heavy (non-hydrogen) atoms. The minimum atomic E-state index is -4.44. The topological polar surface area (TPSA) is 30.7 Å². The van der Waals surface area contributed by atoms with Crippen molar-refractivity contribution in [1.29, 1.82) is 0 Å². The maximum Gasteiger partial charge on any atom is 0.416 e. The Kier molecular flexibility index (Phi) is 5.82. The van der Waals surface area contributed by atoms with Crippen molar-refractivity contribution in [3.8, 4) is 17.1 Å². The molecule has 0 N–H and O–H groups in total. The Hall–Kier alpha value is -3.13. The second kappa shape index (κ2) is 8.55. The molecule has 1 heterocycles. The lowest BCUT2D eigenvalue weighted by atomic mass is 10.1. The van der Waals surface area contributed by atoms with Gasteiger partial charge in [0.05, 0.1) is 11.1 Å². The van der Waals surface area contributed by atoms with E-state index in [9.17, 15) is 17.6 Å². The molecule has 1 aromatic heterocycles. The number of thioether (sulfide) groups is 1. The fourth-order valence-corrected chi connectivity index (χ4v) is 4.13. The number of rotatable bonds is 5. The van der Waals surface area contributed by atoms with E-state index in [0.29, 0.717) is 10.8 Å². The van der Waals surface area contributed by atoms with Crippen LogP contribution >= 0.6 is 11.8 Å². The van der Waals surface area contributed by atoms with Crippen molar-refractivity contribution in [2.24, 2.45) is 0 Å². The Labute approximate surface area is 180 Å². The fraction of sp³-hybridized carbons (Fsp3) is 0.130. The molecule has 0 amide bonds. The highest BCUT2D eigenvalue weighted by Crippen LogP contribution is 2.36. The first-order valence-corrected chi connectivity index (χ1v) is 10.4. The third-order valence-electron chi connectivity index (χ3n) is 4.72. The Morgan fingerprint density at radius 3 is 2.26 bits per heavy atom. The number of benzene rings is 3. The van der Waals surface area contributed by atoms with Gasteiger partial charge < -0.3 is 0 Å². The van der Waals surface area contributed by atoms with Crippen LogP contribution in [0.3, 0.4) is 0 Å². The van der Waals surface area contributed by atoms with Crippen LogP contribution in [-0.2, 0) is 11.9 Å². The molecule has 0 spiro atoms. The molecular formula is C23H17F4N3S. The number of hydrogen-bond donors (Lipinski definition) is 0. The highest BCUT2D eigenvalue weighted by molar-refractivity contribution is 7.98. The summed E-state index contributed by atoms with van der Waals surface area (Å²) in [6, 6.07) is 19.1. The average molecular weight is 443 g/mol. The van der Waals surface area contributed by atoms with Crippen LogP contribution in [0.2, 0.25) is 0 Å². The minimum Gasteiger partial charge on any atom is -0.270 e. The molecule has 4 aromatic rings. The molecule has 0 unspecified atom stereocenters. The van der Waals surface area contributed by atoms with Crippen LogP contribution in [-0.4, -0.2) is 14.8 Å². The average Bonchev–Trinajstić information content (AvgIpc) is 3.16. The first-order valence-electron chi connectivity index (χ1n) is 9.40. The van der Waals surface area contributed by atoms with Gasteiger partial charge in [-0.25, -0.2) is 4.39 Å². The van der Waals surface area contributed by atoms with Gasteiger partial charge in [-0.3, -0.25) is 4.57 Å². The van der Waals surface area contributed by atoms with Crippen LogP contribution in [0.4, 0.5) is 17.6 Å². The van der Waals surface area contributed by atoms with E-state index >= 15 is 0 Å². The quantitative estimate of drug-likeness (QED) is 0.254. The highest BCUT2D eigenvalue weighted by Gasteiger charge is 2.33. The summed E-state index contributed by atoms with van der Waals surface area (Å²) in [5.41, 5.74) is 1.46. The van der Waals surface area contributed by atoms with Gasteiger partial charge in [-0.05, 0) is 42.8 Å². The Morgan fingerprint density at radius 2 is 1.55 bits per heavy atom. The number of alkyl halides is 3. The van der Waals surface area contributed by atoms with Crippen molar-refractivity contribution in [3.63, 3.8) is 0 Å². The van der Waals surface area contributed by atoms with Gasteiger partial charge in [-0.1, -0.05) is 59.8 Å². The van der Waals surface area contributed by atoms with Crippen molar-refractivity contribution < 1.29 is 17.6 Å². The van der Waals surface area contributed by atoms with Gasteiger partial charge in [0.25, 0.3) is 0 Å². The lowest BCUT2D eigenvalue weighted by Crippen LogP contribution is -2.08. The predicted octanol–water partition coefficient (Wildman–Crippen LogP) is 6.69. The number of halogens is 4. The van der Waals surface area contributed by atoms with Crippen LogP contribution < -0.4 is 0 Å². The number of aryl methyl sites for hydroxylation is 1. The summed E-state index contributed by atoms with van der Waals surface area (Å²) in [6.07, 6.45) is -4.44. The summed E-state index contributed by atoms with van der Waals surface area (Å²) in [5.74, 6) is -0.132. The summed E-state index contributed by atoms with van der Waals surface area (Å²) in [4.78, 5) is 0. The van der Waals surface area contributed by atoms with Crippen LogP contribution in [0, 0.1) is 12.7 Å². The summed E-state index contributed by atoms with van der Waals surface area (Å²) >= 11 is 1.12. The third kappa shape index (κ3) is 4.49. The van der Waals surface area contributed by atoms with E-state index in [0.717, 1.165) is 23.4 Å². The summed E-state index contributed by atoms with van der Waals surface area (Å²) in [6.45, 7) is 1.94. The molecular weight excluding hydrogens is 426 g/mol. The van der Waals surface area contributed by atoms with Crippen LogP contribution in [0.5, 0.6) is 0 Å². The monoisotopic (exact) mass is 443 g/mol. The lowest BCUT2D eigenvalue weighted by molar-refractivity contribution is -0.138. The van der Waals surface area contributed by atoms with Gasteiger partial charge in [-0.2, -0.15) is 13.2 Å². The van der Waals surface area contributed by atoms with Gasteiger partial charge in [0.1, 0.15) is 5.82 Å². The maximum atomic E-state index is 14.5. The van der Waals surface area contributed by atoms with Crippen molar-refractivity contribution in [2.75, 3.05) is 0 Å². The number of hydrogen-bond acceptors (Lipinski definition) is 3. The van der Waals surface area contributed by atoms with E-state index in [-0.39, 0.29) is 22.7 Å². The molecule has 0 bridgehead atoms. The molecule has 0 saturated carbocycles. The zero-order valence-electron chi connectivity index (χ0n) is 16.4. The van der Waals surface area contributed by atoms with E-state index in [1.54, 1.807) is 28.8 Å². The lowest BCUT2D eigenvalue weighted by Gasteiger charge is -2.13.